The van der Waals surface area contributed by atoms with Crippen LogP contribution in [0.1, 0.15) is 37.7 Å². The van der Waals surface area contributed by atoms with Gasteiger partial charge in [-0.15, -0.1) is 12.4 Å². The van der Waals surface area contributed by atoms with E-state index < -0.39 is 5.54 Å². The molecule has 2 N–H and O–H groups in total. The molecule has 0 bridgehead atoms. The zero-order chi connectivity index (χ0) is 15.3. The molecule has 0 aliphatic heterocycles. The molecule has 1 amide bonds. The highest BCUT2D eigenvalue weighted by Gasteiger charge is 2.37. The molecule has 1 aliphatic rings. The van der Waals surface area contributed by atoms with Crippen LogP contribution in [0, 0.1) is 0 Å². The minimum Gasteiger partial charge on any atom is -0.496 e. The fraction of sp³-hybridized carbons (Fsp3) is 0.588. The summed E-state index contributed by atoms with van der Waals surface area (Å²) < 4.78 is 5.35. The molecule has 22 heavy (non-hydrogen) atoms. The first-order chi connectivity index (χ1) is 10.1. The van der Waals surface area contributed by atoms with E-state index in [1.807, 2.05) is 31.3 Å². The first-order valence-corrected chi connectivity index (χ1v) is 7.73. The second-order valence-corrected chi connectivity index (χ2v) is 6.01. The monoisotopic (exact) mass is 326 g/mol. The molecule has 2 rings (SSSR count). The van der Waals surface area contributed by atoms with Crippen LogP contribution >= 0.6 is 12.4 Å². The summed E-state index contributed by atoms with van der Waals surface area (Å²) in [6.45, 7) is 0.665. The van der Waals surface area contributed by atoms with E-state index in [1.165, 1.54) is 6.42 Å². The second kappa shape index (κ2) is 8.39. The van der Waals surface area contributed by atoms with Crippen LogP contribution < -0.4 is 10.5 Å². The van der Waals surface area contributed by atoms with Gasteiger partial charge in [0.15, 0.2) is 0 Å². The third kappa shape index (κ3) is 4.37. The van der Waals surface area contributed by atoms with Gasteiger partial charge in [0.1, 0.15) is 5.75 Å². The number of nitrogens with zero attached hydrogens (tertiary/aromatic N) is 1. The van der Waals surface area contributed by atoms with Gasteiger partial charge in [0.05, 0.1) is 12.6 Å². The minimum absolute atomic E-state index is 0. The molecule has 0 heterocycles. The molecule has 4 nitrogen and oxygen atoms in total. The van der Waals surface area contributed by atoms with Gasteiger partial charge in [0, 0.05) is 13.6 Å². The fourth-order valence-electron chi connectivity index (χ4n) is 3.08. The molecule has 0 aromatic heterocycles. The molecule has 0 radical (unpaired) electrons. The smallest absolute Gasteiger partial charge is 0.242 e. The Kier molecular flexibility index (Phi) is 7.17. The number of rotatable bonds is 5. The van der Waals surface area contributed by atoms with Crippen LogP contribution in [0.3, 0.4) is 0 Å². The standard InChI is InChI=1S/C17H26N2O2.ClH/c1-19(16(20)17(18)11-6-3-7-12-17)13-10-14-8-4-5-9-15(14)21-2;/h4-5,8-9H,3,6-7,10-13,18H2,1-2H3;1H. The topological polar surface area (TPSA) is 55.6 Å². The molecule has 0 unspecified atom stereocenters. The average Bonchev–Trinajstić information content (AvgIpc) is 2.52. The summed E-state index contributed by atoms with van der Waals surface area (Å²) in [7, 11) is 3.52. The molecule has 0 saturated heterocycles. The van der Waals surface area contributed by atoms with Crippen LogP contribution in [0.25, 0.3) is 0 Å². The van der Waals surface area contributed by atoms with E-state index in [9.17, 15) is 4.79 Å². The van der Waals surface area contributed by atoms with Crippen molar-refractivity contribution >= 4 is 18.3 Å². The van der Waals surface area contributed by atoms with E-state index in [2.05, 4.69) is 0 Å². The molecule has 0 atom stereocenters. The maximum atomic E-state index is 12.6. The van der Waals surface area contributed by atoms with Crippen LogP contribution in [0.5, 0.6) is 5.75 Å². The van der Waals surface area contributed by atoms with Gasteiger partial charge in [-0.2, -0.15) is 0 Å². The van der Waals surface area contributed by atoms with E-state index in [0.717, 1.165) is 43.4 Å². The number of halogens is 1. The van der Waals surface area contributed by atoms with Gasteiger partial charge in [-0.3, -0.25) is 4.79 Å². The first kappa shape index (κ1) is 18.8. The summed E-state index contributed by atoms with van der Waals surface area (Å²) in [4.78, 5) is 14.3. The SMILES string of the molecule is COc1ccccc1CCN(C)C(=O)C1(N)CCCCC1.Cl. The first-order valence-electron chi connectivity index (χ1n) is 7.73. The predicted molar refractivity (Wildman–Crippen MR) is 91.6 cm³/mol. The molecular formula is C17H27ClN2O2. The summed E-state index contributed by atoms with van der Waals surface area (Å²) in [6.07, 6.45) is 5.71. The van der Waals surface area contributed by atoms with E-state index >= 15 is 0 Å². The Bertz CT molecular complexity index is 487. The number of methoxy groups -OCH3 is 1. The zero-order valence-electron chi connectivity index (χ0n) is 13.5. The maximum Gasteiger partial charge on any atom is 0.242 e. The average molecular weight is 327 g/mol. The van der Waals surface area contributed by atoms with E-state index in [4.69, 9.17) is 10.5 Å². The number of hydrogen-bond donors (Lipinski definition) is 1. The molecule has 1 aliphatic carbocycles. The van der Waals surface area contributed by atoms with Crippen molar-refractivity contribution in [2.24, 2.45) is 5.73 Å². The number of hydrogen-bond acceptors (Lipinski definition) is 3. The van der Waals surface area contributed by atoms with Crippen LogP contribution in [0.2, 0.25) is 0 Å². The van der Waals surface area contributed by atoms with Gasteiger partial charge in [0.2, 0.25) is 5.91 Å². The van der Waals surface area contributed by atoms with Crippen molar-refractivity contribution in [3.63, 3.8) is 0 Å². The lowest BCUT2D eigenvalue weighted by molar-refractivity contribution is -0.136. The van der Waals surface area contributed by atoms with Crippen LogP contribution in [0.15, 0.2) is 24.3 Å². The molecule has 124 valence electrons. The van der Waals surface area contributed by atoms with Gasteiger partial charge >= 0.3 is 0 Å². The third-order valence-corrected chi connectivity index (χ3v) is 4.43. The minimum atomic E-state index is -0.645. The molecule has 1 saturated carbocycles. The highest BCUT2D eigenvalue weighted by atomic mass is 35.5. The van der Waals surface area contributed by atoms with Crippen LogP contribution in [0.4, 0.5) is 0 Å². The second-order valence-electron chi connectivity index (χ2n) is 6.01. The summed E-state index contributed by atoms with van der Waals surface area (Å²) in [5.41, 5.74) is 6.79. The summed E-state index contributed by atoms with van der Waals surface area (Å²) in [6, 6.07) is 7.93. The van der Waals surface area contributed by atoms with Crippen molar-refractivity contribution in [2.45, 2.75) is 44.1 Å². The van der Waals surface area contributed by atoms with Gasteiger partial charge in [0.25, 0.3) is 0 Å². The highest BCUT2D eigenvalue weighted by Crippen LogP contribution is 2.27. The Balaban J connectivity index is 0.00000242. The molecule has 1 aromatic rings. The van der Waals surface area contributed by atoms with Crippen molar-refractivity contribution < 1.29 is 9.53 Å². The van der Waals surface area contributed by atoms with Gasteiger partial charge in [-0.05, 0) is 30.9 Å². The Hall–Kier alpha value is -1.26. The zero-order valence-corrected chi connectivity index (χ0v) is 14.3. The van der Waals surface area contributed by atoms with Crippen LogP contribution in [-0.2, 0) is 11.2 Å². The van der Waals surface area contributed by atoms with Gasteiger partial charge in [-0.25, -0.2) is 0 Å². The van der Waals surface area contributed by atoms with E-state index in [1.54, 1.807) is 12.0 Å². The van der Waals surface area contributed by atoms with E-state index in [-0.39, 0.29) is 18.3 Å². The van der Waals surface area contributed by atoms with Crippen molar-refractivity contribution in [3.05, 3.63) is 29.8 Å². The number of carbonyl (C=O) groups excluding carboxylic acids is 1. The predicted octanol–water partition coefficient (Wildman–Crippen LogP) is 2.78. The number of ether oxygens (including phenoxy) is 1. The Morgan fingerprint density at radius 1 is 1.27 bits per heavy atom. The van der Waals surface area contributed by atoms with Gasteiger partial charge < -0.3 is 15.4 Å². The Morgan fingerprint density at radius 3 is 2.55 bits per heavy atom. The largest absolute Gasteiger partial charge is 0.496 e. The maximum absolute atomic E-state index is 12.6. The van der Waals surface area contributed by atoms with Gasteiger partial charge in [-0.1, -0.05) is 37.5 Å². The Labute approximate surface area is 139 Å². The van der Waals surface area contributed by atoms with Crippen molar-refractivity contribution in [1.29, 1.82) is 0 Å². The quantitative estimate of drug-likeness (QED) is 0.905. The molecule has 1 aromatic carbocycles. The van der Waals surface area contributed by atoms with E-state index in [0.29, 0.717) is 6.54 Å². The van der Waals surface area contributed by atoms with Crippen molar-refractivity contribution in [3.8, 4) is 5.75 Å². The van der Waals surface area contributed by atoms with Crippen LogP contribution in [-0.4, -0.2) is 37.0 Å². The number of carbonyl (C=O) groups is 1. The number of nitrogens with two attached hydrogens (primary N) is 1. The third-order valence-electron chi connectivity index (χ3n) is 4.43. The molecule has 5 heteroatoms. The molecular weight excluding hydrogens is 300 g/mol. The number of benzene rings is 1. The lowest BCUT2D eigenvalue weighted by Crippen LogP contribution is -2.55. The number of likely N-dealkylation sites (N-methyl/N-ethyl adjacent to an activating group) is 1. The van der Waals surface area contributed by atoms with Crippen molar-refractivity contribution in [1.82, 2.24) is 4.90 Å². The number of para-hydroxylation sites is 1. The highest BCUT2D eigenvalue weighted by molar-refractivity contribution is 5.86. The fourth-order valence-corrected chi connectivity index (χ4v) is 3.08. The van der Waals surface area contributed by atoms with Crippen molar-refractivity contribution in [2.75, 3.05) is 20.7 Å². The number of amides is 1. The summed E-state index contributed by atoms with van der Waals surface area (Å²) >= 11 is 0. The summed E-state index contributed by atoms with van der Waals surface area (Å²) in [5.74, 6) is 0.954. The normalized spacial score (nSPS) is 16.5. The Morgan fingerprint density at radius 2 is 1.91 bits per heavy atom. The lowest BCUT2D eigenvalue weighted by Gasteiger charge is -2.35. The lowest BCUT2D eigenvalue weighted by atomic mass is 9.81. The molecule has 0 spiro atoms. The summed E-state index contributed by atoms with van der Waals surface area (Å²) in [5, 5.41) is 0. The molecule has 1 fully saturated rings.